The highest BCUT2D eigenvalue weighted by Crippen LogP contribution is 2.23. The van der Waals surface area contributed by atoms with Crippen molar-refractivity contribution in [1.82, 2.24) is 15.4 Å². The molecule has 9 heteroatoms. The molecule has 1 aliphatic heterocycles. The van der Waals surface area contributed by atoms with Crippen molar-refractivity contribution in [1.29, 1.82) is 0 Å². The van der Waals surface area contributed by atoms with Crippen LogP contribution in [0.4, 0.5) is 10.6 Å². The van der Waals surface area contributed by atoms with Crippen LogP contribution < -0.4 is 21.7 Å². The Hall–Kier alpha value is -1.87. The van der Waals surface area contributed by atoms with E-state index in [-0.39, 0.29) is 6.09 Å². The molecular formula is C12H21N6O2S+. The highest BCUT2D eigenvalue weighted by molar-refractivity contribution is 7.80. The number of hydrogen-bond donors (Lipinski definition) is 4. The van der Waals surface area contributed by atoms with Gasteiger partial charge in [0, 0.05) is 13.0 Å². The van der Waals surface area contributed by atoms with Gasteiger partial charge in [0.2, 0.25) is 0 Å². The van der Waals surface area contributed by atoms with Gasteiger partial charge in [0.1, 0.15) is 5.60 Å². The molecular weight excluding hydrogens is 292 g/mol. The van der Waals surface area contributed by atoms with Crippen LogP contribution in [0.1, 0.15) is 32.0 Å². The molecule has 1 aromatic heterocycles. The minimum absolute atomic E-state index is 0.294. The van der Waals surface area contributed by atoms with Gasteiger partial charge in [0.25, 0.3) is 5.11 Å². The van der Waals surface area contributed by atoms with E-state index in [0.717, 1.165) is 17.7 Å². The molecule has 8 nitrogen and oxygen atoms in total. The number of carbonyl (C=O) groups is 1. The lowest BCUT2D eigenvalue weighted by molar-refractivity contribution is -0.434. The Kier molecular flexibility index (Phi) is 4.33. The van der Waals surface area contributed by atoms with Crippen LogP contribution in [0.3, 0.4) is 0 Å². The lowest BCUT2D eigenvalue weighted by atomic mass is 10.1. The third-order valence-corrected chi connectivity index (χ3v) is 3.23. The molecule has 6 N–H and O–H groups in total. The number of nitrogens with zero attached hydrogens (tertiary/aromatic N) is 1. The second-order valence-corrected chi connectivity index (χ2v) is 6.24. The molecule has 0 bridgehead atoms. The molecule has 1 amide bonds. The second kappa shape index (κ2) is 5.86. The number of anilines is 1. The van der Waals surface area contributed by atoms with Gasteiger partial charge in [-0.2, -0.15) is 5.10 Å². The highest BCUT2D eigenvalue weighted by Gasteiger charge is 2.30. The van der Waals surface area contributed by atoms with Gasteiger partial charge >= 0.3 is 11.9 Å². The van der Waals surface area contributed by atoms with E-state index in [1.54, 1.807) is 4.90 Å². The van der Waals surface area contributed by atoms with Gasteiger partial charge < -0.3 is 9.64 Å². The van der Waals surface area contributed by atoms with E-state index in [4.69, 9.17) is 22.8 Å². The van der Waals surface area contributed by atoms with Crippen LogP contribution >= 0.6 is 12.2 Å². The highest BCUT2D eigenvalue weighted by atomic mass is 32.1. The van der Waals surface area contributed by atoms with Crippen LogP contribution in [0.2, 0.25) is 0 Å². The van der Waals surface area contributed by atoms with Crippen LogP contribution in [-0.4, -0.2) is 33.4 Å². The Bertz CT molecular complexity index is 550. The molecule has 0 fully saturated rings. The molecule has 0 saturated carbocycles. The predicted octanol–water partition coefficient (Wildman–Crippen LogP) is 0.282. The van der Waals surface area contributed by atoms with Crippen LogP contribution in [0, 0.1) is 0 Å². The maximum Gasteiger partial charge on any atom is 0.410 e. The number of carbonyl (C=O) groups excluding carboxylic acids is 1. The number of aromatic nitrogens is 2. The number of aromatic amines is 2. The average Bonchev–Trinajstić information content (AvgIpc) is 2.79. The summed E-state index contributed by atoms with van der Waals surface area (Å²) in [5.41, 5.74) is 3.84. The molecule has 1 aliphatic rings. The van der Waals surface area contributed by atoms with Crippen molar-refractivity contribution in [3.8, 4) is 0 Å². The van der Waals surface area contributed by atoms with Crippen molar-refractivity contribution >= 4 is 29.2 Å². The molecule has 0 aromatic carbocycles. The summed E-state index contributed by atoms with van der Waals surface area (Å²) >= 11 is 4.97. The maximum atomic E-state index is 12.1. The summed E-state index contributed by atoms with van der Waals surface area (Å²) in [7, 11) is 0. The van der Waals surface area contributed by atoms with Gasteiger partial charge in [-0.05, 0) is 33.0 Å². The molecule has 2 heterocycles. The first-order valence-corrected chi connectivity index (χ1v) is 7.08. The Labute approximate surface area is 128 Å². The lowest BCUT2D eigenvalue weighted by Crippen LogP contribution is -2.40. The van der Waals surface area contributed by atoms with Crippen molar-refractivity contribution < 1.29 is 14.6 Å². The summed E-state index contributed by atoms with van der Waals surface area (Å²) in [6.07, 6.45) is 0.398. The summed E-state index contributed by atoms with van der Waals surface area (Å²) in [6.45, 7) is 6.60. The molecule has 0 spiro atoms. The zero-order valence-corrected chi connectivity index (χ0v) is 13.2. The lowest BCUT2D eigenvalue weighted by Gasteiger charge is -2.29. The Morgan fingerprint density at radius 3 is 2.86 bits per heavy atom. The zero-order valence-electron chi connectivity index (χ0n) is 12.4. The van der Waals surface area contributed by atoms with Gasteiger partial charge in [0.05, 0.1) is 17.8 Å². The topological polar surface area (TPSA) is 110 Å². The van der Waals surface area contributed by atoms with Crippen LogP contribution in [0.15, 0.2) is 0 Å². The minimum atomic E-state index is -0.506. The normalized spacial score (nSPS) is 14.4. The van der Waals surface area contributed by atoms with Crippen LogP contribution in [0.25, 0.3) is 0 Å². The van der Waals surface area contributed by atoms with Crippen LogP contribution in [-0.2, 0) is 17.7 Å². The van der Waals surface area contributed by atoms with E-state index in [2.05, 4.69) is 20.9 Å². The molecule has 116 valence electrons. The molecule has 0 radical (unpaired) electrons. The third-order valence-electron chi connectivity index (χ3n) is 3.01. The summed E-state index contributed by atoms with van der Waals surface area (Å²) in [5, 5.41) is 9.29. The molecule has 21 heavy (non-hydrogen) atoms. The van der Waals surface area contributed by atoms with Gasteiger partial charge in [-0.1, -0.05) is 0 Å². The fraction of sp³-hybridized carbons (Fsp3) is 0.583. The first kappa shape index (κ1) is 15.5. The first-order valence-electron chi connectivity index (χ1n) is 6.67. The number of H-pyrrole nitrogens is 2. The number of nitrogens with two attached hydrogens (primary N) is 1. The third kappa shape index (κ3) is 3.82. The Balaban J connectivity index is 2.10. The smallest absolute Gasteiger partial charge is 0.410 e. The van der Waals surface area contributed by atoms with E-state index in [1.165, 1.54) is 0 Å². The van der Waals surface area contributed by atoms with E-state index >= 15 is 0 Å². The molecule has 0 aliphatic carbocycles. The standard InChI is InChI=1S/C12H20N6O2S/c1-12(2,3)20-11(19)18-5-4-8-7(6-18)9(17-16-8)14-10(21)15-13/h4-6,13H2,1-3H3,(H3,14,15,16,17,21)/p+1. The number of thiocarbonyl (C=S) groups is 1. The fourth-order valence-electron chi connectivity index (χ4n) is 2.08. The van der Waals surface area contributed by atoms with Gasteiger partial charge in [-0.25, -0.2) is 21.1 Å². The monoisotopic (exact) mass is 313 g/mol. The zero-order chi connectivity index (χ0) is 15.6. The number of hydrogen-bond acceptors (Lipinski definition) is 4. The SMILES string of the molecule is CC(C)(C)OC(=O)N1CCc2[nH][nH+]c(NC(=S)NN)c2C1. The molecule has 1 aromatic rings. The predicted molar refractivity (Wildman–Crippen MR) is 81.2 cm³/mol. The Morgan fingerprint density at radius 1 is 1.52 bits per heavy atom. The number of rotatable bonds is 1. The minimum Gasteiger partial charge on any atom is -0.444 e. The van der Waals surface area contributed by atoms with Crippen molar-refractivity contribution in [2.75, 3.05) is 11.9 Å². The number of hydrazine groups is 1. The largest absolute Gasteiger partial charge is 0.444 e. The fourth-order valence-corrected chi connectivity index (χ4v) is 2.18. The number of ether oxygens (including phenoxy) is 1. The van der Waals surface area contributed by atoms with Crippen molar-refractivity contribution in [2.45, 2.75) is 39.3 Å². The van der Waals surface area contributed by atoms with Crippen molar-refractivity contribution in [3.05, 3.63) is 11.3 Å². The molecule has 0 saturated heterocycles. The van der Waals surface area contributed by atoms with Crippen molar-refractivity contribution in [2.24, 2.45) is 5.84 Å². The van der Waals surface area contributed by atoms with Crippen LogP contribution in [0.5, 0.6) is 0 Å². The van der Waals surface area contributed by atoms with E-state index in [1.807, 2.05) is 20.8 Å². The summed E-state index contributed by atoms with van der Waals surface area (Å²) in [6, 6.07) is 0. The van der Waals surface area contributed by atoms with E-state index < -0.39 is 5.60 Å². The number of amides is 1. The first-order chi connectivity index (χ1) is 9.80. The second-order valence-electron chi connectivity index (χ2n) is 5.83. The van der Waals surface area contributed by atoms with E-state index in [0.29, 0.717) is 24.0 Å². The molecule has 2 rings (SSSR count). The molecule has 0 atom stereocenters. The number of fused-ring (bicyclic) bond motifs is 1. The maximum absolute atomic E-state index is 12.1. The summed E-state index contributed by atoms with van der Waals surface area (Å²) in [5.74, 6) is 5.94. The van der Waals surface area contributed by atoms with Gasteiger partial charge in [-0.15, -0.1) is 0 Å². The Morgan fingerprint density at radius 2 is 2.24 bits per heavy atom. The summed E-state index contributed by atoms with van der Waals surface area (Å²) < 4.78 is 5.40. The van der Waals surface area contributed by atoms with E-state index in [9.17, 15) is 4.79 Å². The number of nitrogens with one attached hydrogen (secondary N) is 4. The molecule has 0 unspecified atom stereocenters. The van der Waals surface area contributed by atoms with Crippen molar-refractivity contribution in [3.63, 3.8) is 0 Å². The van der Waals surface area contributed by atoms with Gasteiger partial charge in [-0.3, -0.25) is 5.43 Å². The average molecular weight is 313 g/mol. The summed E-state index contributed by atoms with van der Waals surface area (Å²) in [4.78, 5) is 13.8. The quantitative estimate of drug-likeness (QED) is 0.337. The van der Waals surface area contributed by atoms with Gasteiger partial charge in [0.15, 0.2) is 0 Å².